The Balaban J connectivity index is 1.67. The van der Waals surface area contributed by atoms with Gasteiger partial charge in [0.15, 0.2) is 5.60 Å². The third-order valence-corrected chi connectivity index (χ3v) is 11.5. The lowest BCUT2D eigenvalue weighted by Gasteiger charge is -2.70. The number of ketones is 2. The van der Waals surface area contributed by atoms with Gasteiger partial charge in [0.1, 0.15) is 0 Å². The Morgan fingerprint density at radius 3 is 2.21 bits per heavy atom. The Morgan fingerprint density at radius 2 is 1.55 bits per heavy atom. The van der Waals surface area contributed by atoms with E-state index in [-0.39, 0.29) is 21.8 Å². The van der Waals surface area contributed by atoms with Crippen LogP contribution in [0.2, 0.25) is 0 Å². The summed E-state index contributed by atoms with van der Waals surface area (Å²) in [5.41, 5.74) is 9.02. The first-order valence-corrected chi connectivity index (χ1v) is 12.8. The molecule has 4 heteroatoms. The molecule has 3 fully saturated rings. The summed E-state index contributed by atoms with van der Waals surface area (Å²) in [5, 5.41) is 0. The highest BCUT2D eigenvalue weighted by atomic mass is 16.5. The van der Waals surface area contributed by atoms with Crippen molar-refractivity contribution in [1.82, 2.24) is 0 Å². The smallest absolute Gasteiger partial charge is 0.238 e. The summed E-state index contributed by atoms with van der Waals surface area (Å²) in [6, 6.07) is 0. The quantitative estimate of drug-likeness (QED) is 0.537. The van der Waals surface area contributed by atoms with Gasteiger partial charge in [-0.1, -0.05) is 45.4 Å². The summed E-state index contributed by atoms with van der Waals surface area (Å²) in [6.45, 7) is 13.8. The van der Waals surface area contributed by atoms with Crippen molar-refractivity contribution >= 4 is 11.6 Å². The first-order chi connectivity index (χ1) is 15.2. The second-order valence-corrected chi connectivity index (χ2v) is 13.3. The second-order valence-electron chi connectivity index (χ2n) is 13.3. The minimum atomic E-state index is -1.20. The van der Waals surface area contributed by atoms with Gasteiger partial charge in [-0.25, -0.2) is 0 Å². The molecule has 0 aromatic carbocycles. The molecule has 5 aliphatic carbocycles. The predicted molar refractivity (Wildman–Crippen MR) is 131 cm³/mol. The van der Waals surface area contributed by atoms with E-state index in [9.17, 15) is 9.59 Å². The molecule has 0 spiro atoms. The number of methoxy groups -OCH3 is 1. The molecule has 0 aromatic heterocycles. The van der Waals surface area contributed by atoms with Gasteiger partial charge in [0, 0.05) is 18.1 Å². The van der Waals surface area contributed by atoms with E-state index in [4.69, 9.17) is 10.5 Å². The fourth-order valence-electron chi connectivity index (χ4n) is 8.82. The van der Waals surface area contributed by atoms with Gasteiger partial charge in [0.25, 0.3) is 0 Å². The van der Waals surface area contributed by atoms with Gasteiger partial charge in [0.2, 0.25) is 11.6 Å². The van der Waals surface area contributed by atoms with Crippen molar-refractivity contribution in [2.75, 3.05) is 7.11 Å². The molecule has 0 bridgehead atoms. The number of hydrogen-bond donors (Lipinski definition) is 1. The van der Waals surface area contributed by atoms with Gasteiger partial charge in [-0.15, -0.1) is 0 Å². The molecule has 4 nitrogen and oxygen atoms in total. The van der Waals surface area contributed by atoms with Crippen LogP contribution in [0.4, 0.5) is 0 Å². The number of Topliss-reactive ketones (excluding diaryl/α,β-unsaturated/α-hetero) is 1. The summed E-state index contributed by atoms with van der Waals surface area (Å²) in [6.07, 6.45) is 13.8. The first-order valence-electron chi connectivity index (χ1n) is 12.8. The minimum absolute atomic E-state index is 0.0223. The van der Waals surface area contributed by atoms with Crippen LogP contribution >= 0.6 is 0 Å². The lowest BCUT2D eigenvalue weighted by molar-refractivity contribution is -0.152. The average Bonchev–Trinajstić information content (AvgIpc) is 2.76. The topological polar surface area (TPSA) is 69.4 Å². The highest BCUT2D eigenvalue weighted by molar-refractivity contribution is 6.46. The molecule has 0 aromatic rings. The highest BCUT2D eigenvalue weighted by Crippen LogP contribution is 2.75. The maximum absolute atomic E-state index is 12.8. The third-order valence-electron chi connectivity index (χ3n) is 11.5. The molecule has 0 aliphatic heterocycles. The maximum Gasteiger partial charge on any atom is 0.238 e. The molecule has 0 unspecified atom stereocenters. The van der Waals surface area contributed by atoms with Gasteiger partial charge in [-0.2, -0.15) is 0 Å². The number of carbonyl (C=O) groups excluding carboxylic acids is 2. The number of carbonyl (C=O) groups is 2. The van der Waals surface area contributed by atoms with Crippen LogP contribution in [0.5, 0.6) is 0 Å². The molecule has 7 atom stereocenters. The molecular formula is C29H41NO3. The normalized spacial score (nSPS) is 51.4. The number of nitrogens with two attached hydrogens (primary N) is 1. The van der Waals surface area contributed by atoms with E-state index in [1.54, 1.807) is 13.0 Å². The van der Waals surface area contributed by atoms with Crippen LogP contribution in [-0.2, 0) is 14.3 Å². The molecule has 0 amide bonds. The van der Waals surface area contributed by atoms with Crippen molar-refractivity contribution in [2.24, 2.45) is 33.3 Å². The summed E-state index contributed by atoms with van der Waals surface area (Å²) < 4.78 is 5.69. The molecule has 5 aliphatic rings. The van der Waals surface area contributed by atoms with Crippen molar-refractivity contribution in [3.63, 3.8) is 0 Å². The first kappa shape index (κ1) is 23.2. The van der Waals surface area contributed by atoms with E-state index >= 15 is 0 Å². The van der Waals surface area contributed by atoms with Crippen molar-refractivity contribution in [3.05, 3.63) is 34.9 Å². The number of allylic oxidation sites excluding steroid dienone is 4. The fourth-order valence-corrected chi connectivity index (χ4v) is 8.82. The van der Waals surface area contributed by atoms with Crippen LogP contribution in [0.3, 0.4) is 0 Å². The van der Waals surface area contributed by atoms with Crippen molar-refractivity contribution in [1.29, 1.82) is 0 Å². The molecule has 5 rings (SSSR count). The third kappa shape index (κ3) is 2.71. The molecule has 33 heavy (non-hydrogen) atoms. The molecule has 0 heterocycles. The number of rotatable bonds is 1. The minimum Gasteiger partial charge on any atom is -0.365 e. The van der Waals surface area contributed by atoms with Crippen molar-refractivity contribution in [3.8, 4) is 0 Å². The zero-order chi connectivity index (χ0) is 24.2. The predicted octanol–water partition coefficient (Wildman–Crippen LogP) is 5.47. The average molecular weight is 452 g/mol. The van der Waals surface area contributed by atoms with Gasteiger partial charge >= 0.3 is 0 Å². The molecule has 2 N–H and O–H groups in total. The standard InChI is InChI=1S/C29H41NO3/c1-24-10-12-25(2,30)17-22(24)28(5)15-13-26(3)19-16-20(31)23(32)29(6,33-7)18(19)8-9-21(26)27(28,4)14-11-24/h8-9,16,22H,10-15,17,30H2,1-7H3/t22-,24-,25-,26+,27-,28+,29+/m1/s1. The highest BCUT2D eigenvalue weighted by Gasteiger charge is 2.67. The number of ether oxygens (including phenoxy) is 1. The summed E-state index contributed by atoms with van der Waals surface area (Å²) in [5.74, 6) is -0.323. The summed E-state index contributed by atoms with van der Waals surface area (Å²) in [7, 11) is 1.53. The Morgan fingerprint density at radius 1 is 0.879 bits per heavy atom. The molecule has 180 valence electrons. The summed E-state index contributed by atoms with van der Waals surface area (Å²) in [4.78, 5) is 25.6. The van der Waals surface area contributed by atoms with Crippen molar-refractivity contribution in [2.45, 2.75) is 97.6 Å². The van der Waals surface area contributed by atoms with Crippen LogP contribution < -0.4 is 5.73 Å². The van der Waals surface area contributed by atoms with E-state index in [0.29, 0.717) is 11.3 Å². The largest absolute Gasteiger partial charge is 0.365 e. The van der Waals surface area contributed by atoms with E-state index in [0.717, 1.165) is 43.3 Å². The van der Waals surface area contributed by atoms with E-state index in [1.165, 1.54) is 25.5 Å². The molecule has 0 saturated heterocycles. The lowest BCUT2D eigenvalue weighted by Crippen LogP contribution is -2.63. The van der Waals surface area contributed by atoms with Gasteiger partial charge < -0.3 is 10.5 Å². The second kappa shape index (κ2) is 6.57. The summed E-state index contributed by atoms with van der Waals surface area (Å²) >= 11 is 0. The maximum atomic E-state index is 12.8. The Bertz CT molecular complexity index is 1050. The van der Waals surface area contributed by atoms with E-state index in [1.807, 2.05) is 0 Å². The van der Waals surface area contributed by atoms with Gasteiger partial charge in [0.05, 0.1) is 0 Å². The van der Waals surface area contributed by atoms with Crippen LogP contribution in [0, 0.1) is 27.6 Å². The van der Waals surface area contributed by atoms with Crippen LogP contribution in [0.15, 0.2) is 34.9 Å². The van der Waals surface area contributed by atoms with E-state index in [2.05, 4.69) is 46.8 Å². The molecule has 3 saturated carbocycles. The molecule has 0 radical (unpaired) electrons. The van der Waals surface area contributed by atoms with Crippen LogP contribution in [0.1, 0.15) is 86.5 Å². The number of hydrogen-bond acceptors (Lipinski definition) is 4. The van der Waals surface area contributed by atoms with Crippen molar-refractivity contribution < 1.29 is 14.3 Å². The Hall–Kier alpha value is -1.52. The van der Waals surface area contributed by atoms with Gasteiger partial charge in [-0.3, -0.25) is 9.59 Å². The number of fused-ring (bicyclic) bond motifs is 7. The molecular weight excluding hydrogens is 410 g/mol. The Labute approximate surface area is 199 Å². The zero-order valence-corrected chi connectivity index (χ0v) is 21.6. The van der Waals surface area contributed by atoms with Crippen LogP contribution in [0.25, 0.3) is 0 Å². The Kier molecular flexibility index (Phi) is 4.63. The van der Waals surface area contributed by atoms with Gasteiger partial charge in [-0.05, 0) is 98.2 Å². The monoisotopic (exact) mass is 451 g/mol. The fraction of sp³-hybridized carbons (Fsp3) is 0.724. The van der Waals surface area contributed by atoms with Crippen LogP contribution in [-0.4, -0.2) is 29.8 Å². The zero-order valence-electron chi connectivity index (χ0n) is 21.6. The lowest BCUT2D eigenvalue weighted by atomic mass is 9.34. The van der Waals surface area contributed by atoms with E-state index < -0.39 is 17.2 Å². The SMILES string of the molecule is CO[C@]1(C)C(=O)C(=O)C=C2C1=CC=C1[C@@]2(C)CC[C@@]2(C)[C@@H]3C[C@](C)(N)CC[C@]3(C)CC[C@]12C.